The van der Waals surface area contributed by atoms with Gasteiger partial charge in [-0.25, -0.2) is 13.4 Å². The Morgan fingerprint density at radius 3 is 2.76 bits per heavy atom. The van der Waals surface area contributed by atoms with E-state index in [0.29, 0.717) is 59.7 Å². The number of thioether (sulfide) groups is 1. The van der Waals surface area contributed by atoms with Crippen molar-refractivity contribution < 1.29 is 18.3 Å². The van der Waals surface area contributed by atoms with Gasteiger partial charge in [-0.1, -0.05) is 23.9 Å². The number of hydrogen-bond donors (Lipinski definition) is 1. The second-order valence-corrected chi connectivity index (χ2v) is 10.8. The Balaban J connectivity index is 1.59. The fourth-order valence-electron chi connectivity index (χ4n) is 3.98. The second-order valence-electron chi connectivity index (χ2n) is 7.94. The van der Waals surface area contributed by atoms with Crippen LogP contribution < -0.4 is 9.86 Å². The van der Waals surface area contributed by atoms with Crippen LogP contribution in [0.3, 0.4) is 0 Å². The van der Waals surface area contributed by atoms with Gasteiger partial charge in [0.1, 0.15) is 0 Å². The lowest BCUT2D eigenvalue weighted by atomic mass is 9.99. The van der Waals surface area contributed by atoms with E-state index >= 15 is 0 Å². The number of carbonyl (C=O) groups is 1. The summed E-state index contributed by atoms with van der Waals surface area (Å²) in [7, 11) is -3.37. The van der Waals surface area contributed by atoms with Gasteiger partial charge in [-0.05, 0) is 55.2 Å². The van der Waals surface area contributed by atoms with E-state index in [-0.39, 0.29) is 23.7 Å². The first-order valence-corrected chi connectivity index (χ1v) is 13.5. The summed E-state index contributed by atoms with van der Waals surface area (Å²) >= 11 is 1.19. The number of sulfonamides is 1. The number of Topliss-reactive ketones (excluding diaryl/α,β-unsaturated/α-hetero) is 1. The molecule has 33 heavy (non-hydrogen) atoms. The zero-order valence-corrected chi connectivity index (χ0v) is 19.9. The molecule has 1 aliphatic rings. The SMILES string of the molecule is CS(=O)(=O)N1CCCc2cc(C(=O)CSc3nc4ccccc4c(=O)n3CCCO)ccc21. The van der Waals surface area contributed by atoms with E-state index in [0.717, 1.165) is 5.56 Å². The van der Waals surface area contributed by atoms with Crippen LogP contribution in [-0.4, -0.2) is 54.0 Å². The zero-order chi connectivity index (χ0) is 23.6. The average molecular weight is 488 g/mol. The number of rotatable bonds is 8. The van der Waals surface area contributed by atoms with Crippen LogP contribution in [0.1, 0.15) is 28.8 Å². The Bertz CT molecular complexity index is 1370. The number of nitrogens with zero attached hydrogens (tertiary/aromatic N) is 3. The molecular formula is C23H25N3O5S2. The van der Waals surface area contributed by atoms with Crippen molar-refractivity contribution in [3.63, 3.8) is 0 Å². The monoisotopic (exact) mass is 487 g/mol. The fraction of sp³-hybridized carbons (Fsp3) is 0.348. The van der Waals surface area contributed by atoms with Gasteiger partial charge in [0.15, 0.2) is 10.9 Å². The van der Waals surface area contributed by atoms with Crippen LogP contribution in [0, 0.1) is 0 Å². The summed E-state index contributed by atoms with van der Waals surface area (Å²) < 4.78 is 27.0. The molecule has 174 valence electrons. The lowest BCUT2D eigenvalue weighted by Gasteiger charge is -2.29. The van der Waals surface area contributed by atoms with Gasteiger partial charge in [-0.3, -0.25) is 18.5 Å². The molecule has 4 rings (SSSR count). The maximum absolute atomic E-state index is 12.9. The van der Waals surface area contributed by atoms with Crippen LogP contribution in [0.4, 0.5) is 5.69 Å². The van der Waals surface area contributed by atoms with Gasteiger partial charge in [0, 0.05) is 25.3 Å². The summed E-state index contributed by atoms with van der Waals surface area (Å²) in [5.74, 6) is -0.0474. The molecule has 3 aromatic rings. The van der Waals surface area contributed by atoms with Crippen LogP contribution in [0.25, 0.3) is 10.9 Å². The highest BCUT2D eigenvalue weighted by Gasteiger charge is 2.25. The number of hydrogen-bond acceptors (Lipinski definition) is 7. The van der Waals surface area contributed by atoms with Gasteiger partial charge in [0.25, 0.3) is 5.56 Å². The van der Waals surface area contributed by atoms with Crippen molar-refractivity contribution in [3.8, 4) is 0 Å². The number of anilines is 1. The lowest BCUT2D eigenvalue weighted by molar-refractivity contribution is 0.102. The molecule has 0 radical (unpaired) electrons. The lowest BCUT2D eigenvalue weighted by Crippen LogP contribution is -2.34. The molecule has 0 bridgehead atoms. The van der Waals surface area contributed by atoms with E-state index in [2.05, 4.69) is 4.98 Å². The molecule has 0 saturated carbocycles. The molecule has 8 nitrogen and oxygen atoms in total. The van der Waals surface area contributed by atoms with E-state index in [1.165, 1.54) is 26.9 Å². The van der Waals surface area contributed by atoms with Crippen molar-refractivity contribution >= 4 is 44.2 Å². The molecule has 0 saturated heterocycles. The summed E-state index contributed by atoms with van der Waals surface area (Å²) in [6.07, 6.45) is 3.00. The summed E-state index contributed by atoms with van der Waals surface area (Å²) in [6, 6.07) is 12.2. The standard InChI is InChI=1S/C23H25N3O5S2/c1-33(30,31)26-12-4-6-16-14-17(9-10-20(16)26)21(28)15-32-23-24-19-8-3-2-7-18(19)22(29)25(23)11-5-13-27/h2-3,7-10,14,27H,4-6,11-13,15H2,1H3. The molecule has 1 N–H and O–H groups in total. The number of aliphatic hydroxyl groups excluding tert-OH is 1. The third-order valence-corrected chi connectivity index (χ3v) is 7.73. The molecule has 10 heteroatoms. The predicted octanol–water partition coefficient (Wildman–Crippen LogP) is 2.47. The average Bonchev–Trinajstić information content (AvgIpc) is 2.80. The highest BCUT2D eigenvalue weighted by Crippen LogP contribution is 2.30. The normalized spacial score (nSPS) is 13.8. The van der Waals surface area contributed by atoms with E-state index in [1.807, 2.05) is 0 Å². The highest BCUT2D eigenvalue weighted by atomic mass is 32.2. The molecule has 2 aromatic carbocycles. The summed E-state index contributed by atoms with van der Waals surface area (Å²) in [4.78, 5) is 30.5. The summed E-state index contributed by atoms with van der Waals surface area (Å²) in [5.41, 5.74) is 2.33. The molecule has 0 aliphatic carbocycles. The topological polar surface area (TPSA) is 110 Å². The van der Waals surface area contributed by atoms with Gasteiger partial charge in [-0.15, -0.1) is 0 Å². The first-order chi connectivity index (χ1) is 15.8. The Labute approximate surface area is 196 Å². The van der Waals surface area contributed by atoms with Gasteiger partial charge >= 0.3 is 0 Å². The predicted molar refractivity (Wildman–Crippen MR) is 130 cm³/mol. The quantitative estimate of drug-likeness (QED) is 0.295. The summed E-state index contributed by atoms with van der Waals surface area (Å²) in [6.45, 7) is 0.694. The van der Waals surface area contributed by atoms with Crippen LogP contribution in [0.15, 0.2) is 52.4 Å². The Morgan fingerprint density at radius 2 is 2.00 bits per heavy atom. The zero-order valence-electron chi connectivity index (χ0n) is 18.2. The molecule has 0 fully saturated rings. The van der Waals surface area contributed by atoms with Crippen molar-refractivity contribution in [2.24, 2.45) is 0 Å². The molecule has 0 spiro atoms. The molecule has 0 unspecified atom stereocenters. The van der Waals surface area contributed by atoms with Gasteiger partial charge < -0.3 is 5.11 Å². The fourth-order valence-corrected chi connectivity index (χ4v) is 5.89. The van der Waals surface area contributed by atoms with Crippen molar-refractivity contribution in [1.29, 1.82) is 0 Å². The molecular weight excluding hydrogens is 462 g/mol. The minimum Gasteiger partial charge on any atom is -0.396 e. The van der Waals surface area contributed by atoms with E-state index < -0.39 is 10.0 Å². The van der Waals surface area contributed by atoms with Crippen LogP contribution in [0.5, 0.6) is 0 Å². The number of carbonyl (C=O) groups excluding carboxylic acids is 1. The van der Waals surface area contributed by atoms with E-state index in [9.17, 15) is 23.1 Å². The number of para-hydroxylation sites is 1. The summed E-state index contributed by atoms with van der Waals surface area (Å²) in [5, 5.41) is 10.1. The van der Waals surface area contributed by atoms with Gasteiger partial charge in [0.2, 0.25) is 10.0 Å². The minimum atomic E-state index is -3.37. The number of benzene rings is 2. The Kier molecular flexibility index (Phi) is 6.87. The molecule has 1 aliphatic heterocycles. The van der Waals surface area contributed by atoms with Crippen LogP contribution in [0.2, 0.25) is 0 Å². The number of ketones is 1. The van der Waals surface area contributed by atoms with Crippen molar-refractivity contribution in [2.75, 3.05) is 29.5 Å². The van der Waals surface area contributed by atoms with Gasteiger partial charge in [0.05, 0.1) is 28.6 Å². The van der Waals surface area contributed by atoms with Gasteiger partial charge in [-0.2, -0.15) is 0 Å². The van der Waals surface area contributed by atoms with E-state index in [1.54, 1.807) is 42.5 Å². The van der Waals surface area contributed by atoms with Crippen LogP contribution in [-0.2, 0) is 23.0 Å². The van der Waals surface area contributed by atoms with Crippen molar-refractivity contribution in [2.45, 2.75) is 31.0 Å². The number of aryl methyl sites for hydroxylation is 1. The molecule has 1 aromatic heterocycles. The number of aliphatic hydroxyl groups is 1. The number of fused-ring (bicyclic) bond motifs is 2. The smallest absolute Gasteiger partial charge is 0.262 e. The molecule has 0 amide bonds. The number of aromatic nitrogens is 2. The Morgan fingerprint density at radius 1 is 1.21 bits per heavy atom. The Hall–Kier alpha value is -2.69. The largest absolute Gasteiger partial charge is 0.396 e. The van der Waals surface area contributed by atoms with Crippen molar-refractivity contribution in [3.05, 3.63) is 63.9 Å². The molecule has 2 heterocycles. The minimum absolute atomic E-state index is 0.0536. The van der Waals surface area contributed by atoms with E-state index in [4.69, 9.17) is 0 Å². The third kappa shape index (κ3) is 4.97. The first kappa shape index (κ1) is 23.5. The molecule has 0 atom stereocenters. The van der Waals surface area contributed by atoms with Crippen molar-refractivity contribution in [1.82, 2.24) is 9.55 Å². The second kappa shape index (κ2) is 9.66. The maximum Gasteiger partial charge on any atom is 0.262 e. The highest BCUT2D eigenvalue weighted by molar-refractivity contribution is 7.99. The maximum atomic E-state index is 12.9. The third-order valence-electron chi connectivity index (χ3n) is 5.58. The first-order valence-electron chi connectivity index (χ1n) is 10.7. The van der Waals surface area contributed by atoms with Crippen LogP contribution >= 0.6 is 11.8 Å².